The number of methoxy groups -OCH3 is 2. The zero-order chi connectivity index (χ0) is 17.5. The van der Waals surface area contributed by atoms with Gasteiger partial charge in [-0.3, -0.25) is 4.21 Å². The predicted octanol–water partition coefficient (Wildman–Crippen LogP) is 1.66. The van der Waals surface area contributed by atoms with Crippen LogP contribution < -0.4 is 20.5 Å². The number of aliphatic imine (C=N–C) groups is 1. The molecule has 7 heteroatoms. The third-order valence-electron chi connectivity index (χ3n) is 3.16. The van der Waals surface area contributed by atoms with Crippen molar-refractivity contribution in [2.45, 2.75) is 32.1 Å². The Balaban J connectivity index is 2.52. The maximum atomic E-state index is 11.9. The molecule has 0 fully saturated rings. The topological polar surface area (TPSA) is 85.9 Å². The van der Waals surface area contributed by atoms with Crippen LogP contribution in [0.25, 0.3) is 0 Å². The van der Waals surface area contributed by atoms with Gasteiger partial charge in [0.15, 0.2) is 17.5 Å². The third-order valence-corrected chi connectivity index (χ3v) is 5.10. The van der Waals surface area contributed by atoms with Crippen LogP contribution in [0.2, 0.25) is 0 Å². The van der Waals surface area contributed by atoms with Gasteiger partial charge in [0.1, 0.15) is 0 Å². The maximum absolute atomic E-state index is 11.9. The van der Waals surface area contributed by atoms with E-state index in [-0.39, 0.29) is 4.75 Å². The van der Waals surface area contributed by atoms with Gasteiger partial charge < -0.3 is 20.5 Å². The summed E-state index contributed by atoms with van der Waals surface area (Å²) in [6.45, 7) is 6.83. The molecule has 1 aromatic rings. The molecular weight excluding hydrogens is 314 g/mol. The summed E-state index contributed by atoms with van der Waals surface area (Å²) in [6, 6.07) is 5.61. The zero-order valence-corrected chi connectivity index (χ0v) is 15.3. The lowest BCUT2D eigenvalue weighted by atomic mass is 10.2. The van der Waals surface area contributed by atoms with Crippen molar-refractivity contribution in [2.75, 3.05) is 26.5 Å². The Kier molecular flexibility index (Phi) is 7.35. The van der Waals surface area contributed by atoms with Crippen LogP contribution >= 0.6 is 0 Å². The summed E-state index contributed by atoms with van der Waals surface area (Å²) in [6.07, 6.45) is 0. The molecule has 0 bridgehead atoms. The smallest absolute Gasteiger partial charge is 0.188 e. The Bertz CT molecular complexity index is 568. The van der Waals surface area contributed by atoms with E-state index < -0.39 is 10.8 Å². The second-order valence-electron chi connectivity index (χ2n) is 5.98. The van der Waals surface area contributed by atoms with E-state index in [0.29, 0.717) is 36.3 Å². The van der Waals surface area contributed by atoms with Crippen LogP contribution in [0.1, 0.15) is 26.3 Å². The highest BCUT2D eigenvalue weighted by atomic mass is 32.2. The standard InChI is InChI=1S/C16H27N3O3S/c1-16(2,3)23(20)9-8-18-15(17)19-11-12-6-7-13(21-4)14(10-12)22-5/h6-7,10H,8-9,11H2,1-5H3,(H3,17,18,19). The number of rotatable bonds is 7. The van der Waals surface area contributed by atoms with Crippen molar-refractivity contribution >= 4 is 16.8 Å². The largest absolute Gasteiger partial charge is 0.493 e. The van der Waals surface area contributed by atoms with Crippen LogP contribution in [0, 0.1) is 0 Å². The van der Waals surface area contributed by atoms with E-state index >= 15 is 0 Å². The van der Waals surface area contributed by atoms with Gasteiger partial charge in [0.25, 0.3) is 0 Å². The molecule has 1 aromatic carbocycles. The fraction of sp³-hybridized carbons (Fsp3) is 0.562. The average molecular weight is 341 g/mol. The summed E-state index contributed by atoms with van der Waals surface area (Å²) in [4.78, 5) is 4.27. The summed E-state index contributed by atoms with van der Waals surface area (Å²) >= 11 is 0. The fourth-order valence-electron chi connectivity index (χ4n) is 1.79. The van der Waals surface area contributed by atoms with Gasteiger partial charge >= 0.3 is 0 Å². The first-order valence-corrected chi connectivity index (χ1v) is 8.73. The van der Waals surface area contributed by atoms with Gasteiger partial charge in [-0.05, 0) is 38.5 Å². The van der Waals surface area contributed by atoms with Crippen LogP contribution in [-0.4, -0.2) is 41.4 Å². The van der Waals surface area contributed by atoms with Gasteiger partial charge in [0.05, 0.1) is 20.8 Å². The molecule has 0 aliphatic carbocycles. The van der Waals surface area contributed by atoms with Gasteiger partial charge in [-0.25, -0.2) is 4.99 Å². The van der Waals surface area contributed by atoms with Crippen LogP contribution in [0.15, 0.2) is 23.2 Å². The fourth-order valence-corrected chi connectivity index (χ4v) is 2.69. The molecule has 0 saturated heterocycles. The molecule has 6 nitrogen and oxygen atoms in total. The van der Waals surface area contributed by atoms with E-state index in [1.165, 1.54) is 0 Å². The molecule has 23 heavy (non-hydrogen) atoms. The number of nitrogens with two attached hydrogens (primary N) is 1. The van der Waals surface area contributed by atoms with Crippen LogP contribution in [0.3, 0.4) is 0 Å². The van der Waals surface area contributed by atoms with Gasteiger partial charge in [0.2, 0.25) is 0 Å². The lowest BCUT2D eigenvalue weighted by molar-refractivity contribution is 0.354. The van der Waals surface area contributed by atoms with E-state index in [0.717, 1.165) is 5.56 Å². The minimum absolute atomic E-state index is 0.215. The molecule has 0 aromatic heterocycles. The second kappa shape index (κ2) is 8.76. The minimum Gasteiger partial charge on any atom is -0.493 e. The monoisotopic (exact) mass is 341 g/mol. The summed E-state index contributed by atoms with van der Waals surface area (Å²) in [5.41, 5.74) is 6.79. The van der Waals surface area contributed by atoms with Crippen molar-refractivity contribution in [2.24, 2.45) is 10.7 Å². The van der Waals surface area contributed by atoms with E-state index in [4.69, 9.17) is 15.2 Å². The molecule has 0 amide bonds. The van der Waals surface area contributed by atoms with Crippen molar-refractivity contribution in [1.29, 1.82) is 0 Å². The van der Waals surface area contributed by atoms with Crippen molar-refractivity contribution in [1.82, 2.24) is 5.32 Å². The average Bonchev–Trinajstić information content (AvgIpc) is 2.51. The lowest BCUT2D eigenvalue weighted by Crippen LogP contribution is -2.36. The van der Waals surface area contributed by atoms with Crippen molar-refractivity contribution in [3.63, 3.8) is 0 Å². The quantitative estimate of drug-likeness (QED) is 0.582. The van der Waals surface area contributed by atoms with E-state index in [2.05, 4.69) is 10.3 Å². The molecule has 0 spiro atoms. The predicted molar refractivity (Wildman–Crippen MR) is 95.6 cm³/mol. The second-order valence-corrected chi connectivity index (χ2v) is 8.30. The van der Waals surface area contributed by atoms with Crippen molar-refractivity contribution < 1.29 is 13.7 Å². The number of hydrogen-bond acceptors (Lipinski definition) is 4. The van der Waals surface area contributed by atoms with E-state index in [1.54, 1.807) is 14.2 Å². The Morgan fingerprint density at radius 1 is 1.26 bits per heavy atom. The minimum atomic E-state index is -0.905. The Morgan fingerprint density at radius 3 is 2.48 bits per heavy atom. The van der Waals surface area contributed by atoms with Crippen LogP contribution in [0.5, 0.6) is 11.5 Å². The Hall–Kier alpha value is -1.76. The molecule has 130 valence electrons. The molecule has 0 aliphatic heterocycles. The number of nitrogens with one attached hydrogen (secondary N) is 1. The highest BCUT2D eigenvalue weighted by Crippen LogP contribution is 2.27. The number of benzene rings is 1. The van der Waals surface area contributed by atoms with Crippen molar-refractivity contribution in [3.8, 4) is 11.5 Å². The summed E-state index contributed by atoms with van der Waals surface area (Å²) in [7, 11) is 2.28. The third kappa shape index (κ3) is 6.48. The molecule has 0 radical (unpaired) electrons. The lowest BCUT2D eigenvalue weighted by Gasteiger charge is -2.17. The number of ether oxygens (including phenoxy) is 2. The summed E-state index contributed by atoms with van der Waals surface area (Å²) < 4.78 is 22.2. The molecule has 0 aliphatic rings. The van der Waals surface area contributed by atoms with Crippen LogP contribution in [0.4, 0.5) is 0 Å². The Labute approximate surface area is 140 Å². The Morgan fingerprint density at radius 2 is 1.91 bits per heavy atom. The molecule has 1 atom stereocenters. The first kappa shape index (κ1) is 19.3. The summed E-state index contributed by atoms with van der Waals surface area (Å²) in [5, 5.41) is 2.99. The summed E-state index contributed by atoms with van der Waals surface area (Å²) in [5.74, 6) is 2.21. The molecule has 0 saturated carbocycles. The van der Waals surface area contributed by atoms with E-state index in [9.17, 15) is 4.21 Å². The van der Waals surface area contributed by atoms with Gasteiger partial charge in [-0.15, -0.1) is 0 Å². The first-order chi connectivity index (χ1) is 10.8. The SMILES string of the molecule is COc1ccc(CN=C(N)NCCS(=O)C(C)(C)C)cc1OC. The zero-order valence-electron chi connectivity index (χ0n) is 14.5. The number of guanidine groups is 1. The van der Waals surface area contributed by atoms with Crippen LogP contribution in [-0.2, 0) is 17.3 Å². The van der Waals surface area contributed by atoms with Gasteiger partial charge in [0, 0.05) is 27.8 Å². The number of nitrogens with zero attached hydrogens (tertiary/aromatic N) is 1. The van der Waals surface area contributed by atoms with Crippen molar-refractivity contribution in [3.05, 3.63) is 23.8 Å². The van der Waals surface area contributed by atoms with Gasteiger partial charge in [-0.2, -0.15) is 0 Å². The van der Waals surface area contributed by atoms with Gasteiger partial charge in [-0.1, -0.05) is 6.07 Å². The van der Waals surface area contributed by atoms with E-state index in [1.807, 2.05) is 39.0 Å². The normalized spacial score (nSPS) is 13.5. The first-order valence-electron chi connectivity index (χ1n) is 7.41. The number of hydrogen-bond donors (Lipinski definition) is 2. The molecule has 0 heterocycles. The highest BCUT2D eigenvalue weighted by molar-refractivity contribution is 7.86. The molecule has 1 rings (SSSR count). The maximum Gasteiger partial charge on any atom is 0.188 e. The molecule has 3 N–H and O–H groups in total. The molecule has 1 unspecified atom stereocenters. The highest BCUT2D eigenvalue weighted by Gasteiger charge is 2.18. The molecular formula is C16H27N3O3S.